The van der Waals surface area contributed by atoms with Crippen LogP contribution in [0.3, 0.4) is 0 Å². The molecule has 0 bridgehead atoms. The Morgan fingerprint density at radius 2 is 1.89 bits per heavy atom. The van der Waals surface area contributed by atoms with Crippen LogP contribution in [0.5, 0.6) is 5.75 Å². The maximum atomic E-state index is 5.87. The molecule has 19 heavy (non-hydrogen) atoms. The largest absolute Gasteiger partial charge is 0.489 e. The molecular weight excluding hydrogens is 234 g/mol. The number of benzene rings is 2. The Morgan fingerprint density at radius 3 is 2.68 bits per heavy atom. The van der Waals surface area contributed by atoms with Crippen molar-refractivity contribution in [2.24, 2.45) is 0 Å². The fraction of sp³-hybridized carbons (Fsp3) is 0.294. The molecule has 0 fully saturated rings. The molecular formula is C17H21NO. The van der Waals surface area contributed by atoms with Crippen LogP contribution in [0.25, 0.3) is 0 Å². The Labute approximate surface area is 115 Å². The third kappa shape index (κ3) is 4.11. The summed E-state index contributed by atoms with van der Waals surface area (Å²) >= 11 is 0. The number of ether oxygens (including phenoxy) is 1. The van der Waals surface area contributed by atoms with Crippen molar-refractivity contribution in [3.63, 3.8) is 0 Å². The topological polar surface area (TPSA) is 21.3 Å². The van der Waals surface area contributed by atoms with E-state index in [1.807, 2.05) is 18.2 Å². The number of rotatable bonds is 6. The molecule has 0 aliphatic carbocycles. The highest BCUT2D eigenvalue weighted by Gasteiger charge is 2.00. The van der Waals surface area contributed by atoms with Crippen molar-refractivity contribution < 1.29 is 4.74 Å². The predicted octanol–water partition coefficient (Wildman–Crippen LogP) is 3.68. The van der Waals surface area contributed by atoms with E-state index in [4.69, 9.17) is 4.74 Å². The average Bonchev–Trinajstić information content (AvgIpc) is 2.45. The van der Waals surface area contributed by atoms with Crippen molar-refractivity contribution >= 4 is 0 Å². The van der Waals surface area contributed by atoms with Crippen LogP contribution >= 0.6 is 0 Å². The third-order valence-corrected chi connectivity index (χ3v) is 3.13. The molecule has 0 aliphatic rings. The van der Waals surface area contributed by atoms with Gasteiger partial charge in [0.1, 0.15) is 12.4 Å². The van der Waals surface area contributed by atoms with Crippen LogP contribution in [0.15, 0.2) is 48.5 Å². The van der Waals surface area contributed by atoms with Gasteiger partial charge in [0.15, 0.2) is 0 Å². The summed E-state index contributed by atoms with van der Waals surface area (Å²) < 4.78 is 5.87. The lowest BCUT2D eigenvalue weighted by Gasteiger charge is -2.10. The van der Waals surface area contributed by atoms with Gasteiger partial charge in [-0.3, -0.25) is 0 Å². The van der Waals surface area contributed by atoms with E-state index in [9.17, 15) is 0 Å². The molecule has 2 aromatic rings. The van der Waals surface area contributed by atoms with Gasteiger partial charge in [0.25, 0.3) is 0 Å². The summed E-state index contributed by atoms with van der Waals surface area (Å²) in [4.78, 5) is 0. The molecule has 100 valence electrons. The normalized spacial score (nSPS) is 10.4. The number of aryl methyl sites for hydroxylation is 1. The zero-order chi connectivity index (χ0) is 13.5. The maximum Gasteiger partial charge on any atom is 0.120 e. The molecule has 0 aliphatic heterocycles. The highest BCUT2D eigenvalue weighted by atomic mass is 16.5. The van der Waals surface area contributed by atoms with Gasteiger partial charge >= 0.3 is 0 Å². The van der Waals surface area contributed by atoms with E-state index in [1.54, 1.807) is 0 Å². The van der Waals surface area contributed by atoms with Gasteiger partial charge in [0.2, 0.25) is 0 Å². The van der Waals surface area contributed by atoms with Crippen molar-refractivity contribution in [2.45, 2.75) is 27.0 Å². The first kappa shape index (κ1) is 13.6. The van der Waals surface area contributed by atoms with Crippen LogP contribution < -0.4 is 10.1 Å². The van der Waals surface area contributed by atoms with Crippen molar-refractivity contribution in [2.75, 3.05) is 6.54 Å². The monoisotopic (exact) mass is 255 g/mol. The molecule has 0 heterocycles. The number of hydrogen-bond acceptors (Lipinski definition) is 2. The highest BCUT2D eigenvalue weighted by molar-refractivity contribution is 5.30. The van der Waals surface area contributed by atoms with Gasteiger partial charge in [0, 0.05) is 6.54 Å². The van der Waals surface area contributed by atoms with Gasteiger partial charge in [-0.25, -0.2) is 0 Å². The Bertz CT molecular complexity index is 522. The summed E-state index contributed by atoms with van der Waals surface area (Å²) in [6, 6.07) is 16.6. The minimum Gasteiger partial charge on any atom is -0.489 e. The second kappa shape index (κ2) is 6.95. The van der Waals surface area contributed by atoms with E-state index in [0.717, 1.165) is 18.8 Å². The quantitative estimate of drug-likeness (QED) is 0.850. The van der Waals surface area contributed by atoms with Crippen molar-refractivity contribution in [1.29, 1.82) is 0 Å². The third-order valence-electron chi connectivity index (χ3n) is 3.13. The molecule has 2 heteroatoms. The molecule has 0 spiro atoms. The lowest BCUT2D eigenvalue weighted by Crippen LogP contribution is -2.11. The van der Waals surface area contributed by atoms with E-state index in [1.165, 1.54) is 16.7 Å². The fourth-order valence-electron chi connectivity index (χ4n) is 1.95. The Balaban J connectivity index is 1.98. The van der Waals surface area contributed by atoms with Crippen molar-refractivity contribution in [3.8, 4) is 5.75 Å². The van der Waals surface area contributed by atoms with Gasteiger partial charge in [-0.1, -0.05) is 43.3 Å². The molecule has 0 saturated heterocycles. The van der Waals surface area contributed by atoms with Gasteiger partial charge in [-0.05, 0) is 42.3 Å². The zero-order valence-corrected chi connectivity index (χ0v) is 11.6. The van der Waals surface area contributed by atoms with E-state index in [0.29, 0.717) is 6.61 Å². The second-order valence-electron chi connectivity index (χ2n) is 4.64. The average molecular weight is 255 g/mol. The van der Waals surface area contributed by atoms with E-state index in [-0.39, 0.29) is 0 Å². The Hall–Kier alpha value is -1.80. The molecule has 0 unspecified atom stereocenters. The van der Waals surface area contributed by atoms with Gasteiger partial charge < -0.3 is 10.1 Å². The van der Waals surface area contributed by atoms with E-state index in [2.05, 4.69) is 49.5 Å². The van der Waals surface area contributed by atoms with Gasteiger partial charge in [-0.15, -0.1) is 0 Å². The van der Waals surface area contributed by atoms with Crippen LogP contribution in [0.2, 0.25) is 0 Å². The number of nitrogens with one attached hydrogen (secondary N) is 1. The van der Waals surface area contributed by atoms with E-state index < -0.39 is 0 Å². The minimum absolute atomic E-state index is 0.622. The second-order valence-corrected chi connectivity index (χ2v) is 4.64. The standard InChI is InChI=1S/C17H21NO/c1-3-18-12-15-8-6-10-17(11-15)19-13-16-9-5-4-7-14(16)2/h4-11,18H,3,12-13H2,1-2H3. The first-order chi connectivity index (χ1) is 9.29. The van der Waals surface area contributed by atoms with Gasteiger partial charge in [-0.2, -0.15) is 0 Å². The zero-order valence-electron chi connectivity index (χ0n) is 11.6. The molecule has 0 saturated carbocycles. The van der Waals surface area contributed by atoms with Crippen LogP contribution in [-0.2, 0) is 13.2 Å². The van der Waals surface area contributed by atoms with Crippen LogP contribution in [-0.4, -0.2) is 6.54 Å². The summed E-state index contributed by atoms with van der Waals surface area (Å²) in [5.74, 6) is 0.929. The molecule has 2 aromatic carbocycles. The summed E-state index contributed by atoms with van der Waals surface area (Å²) in [6.07, 6.45) is 0. The molecule has 0 radical (unpaired) electrons. The molecule has 0 atom stereocenters. The first-order valence-corrected chi connectivity index (χ1v) is 6.76. The van der Waals surface area contributed by atoms with Crippen LogP contribution in [0, 0.1) is 6.92 Å². The smallest absolute Gasteiger partial charge is 0.120 e. The van der Waals surface area contributed by atoms with Crippen molar-refractivity contribution in [1.82, 2.24) is 5.32 Å². The summed E-state index contributed by atoms with van der Waals surface area (Å²) in [5.41, 5.74) is 3.76. The lowest BCUT2D eigenvalue weighted by molar-refractivity contribution is 0.305. The SMILES string of the molecule is CCNCc1cccc(OCc2ccccc2C)c1. The van der Waals surface area contributed by atoms with Crippen LogP contribution in [0.1, 0.15) is 23.6 Å². The molecule has 0 aromatic heterocycles. The minimum atomic E-state index is 0.622. The van der Waals surface area contributed by atoms with Crippen LogP contribution in [0.4, 0.5) is 0 Å². The summed E-state index contributed by atoms with van der Waals surface area (Å²) in [6.45, 7) is 6.71. The molecule has 2 rings (SSSR count). The Morgan fingerprint density at radius 1 is 1.05 bits per heavy atom. The molecule has 2 nitrogen and oxygen atoms in total. The lowest BCUT2D eigenvalue weighted by atomic mass is 10.1. The Kier molecular flexibility index (Phi) is 4.99. The van der Waals surface area contributed by atoms with Gasteiger partial charge in [0.05, 0.1) is 0 Å². The first-order valence-electron chi connectivity index (χ1n) is 6.76. The van der Waals surface area contributed by atoms with E-state index >= 15 is 0 Å². The number of hydrogen-bond donors (Lipinski definition) is 1. The van der Waals surface area contributed by atoms with Crippen molar-refractivity contribution in [3.05, 3.63) is 65.2 Å². The molecule has 0 amide bonds. The molecule has 1 N–H and O–H groups in total. The predicted molar refractivity (Wildman–Crippen MR) is 79.3 cm³/mol. The fourth-order valence-corrected chi connectivity index (χ4v) is 1.95. The maximum absolute atomic E-state index is 5.87. The summed E-state index contributed by atoms with van der Waals surface area (Å²) in [7, 11) is 0. The highest BCUT2D eigenvalue weighted by Crippen LogP contribution is 2.16. The summed E-state index contributed by atoms with van der Waals surface area (Å²) in [5, 5.41) is 3.32.